The van der Waals surface area contributed by atoms with Gasteiger partial charge in [-0.1, -0.05) is 59.2 Å². The maximum absolute atomic E-state index is 14.7. The molecule has 10 atom stereocenters. The molecule has 4 aliphatic rings. The molecule has 0 unspecified atom stereocenters. The van der Waals surface area contributed by atoms with Crippen molar-refractivity contribution in [3.8, 4) is 0 Å². The molecule has 3 fully saturated rings. The molecule has 4 heterocycles. The van der Waals surface area contributed by atoms with Crippen molar-refractivity contribution >= 4 is 41.2 Å². The number of hydrogen-bond donors (Lipinski definition) is 7. The average molecular weight is 757 g/mol. The van der Waals surface area contributed by atoms with E-state index in [9.17, 15) is 44.1 Å². The summed E-state index contributed by atoms with van der Waals surface area (Å²) in [5.41, 5.74) is 0.0301. The number of fused-ring (bicyclic) bond motifs is 6. The van der Waals surface area contributed by atoms with Crippen molar-refractivity contribution in [1.82, 2.24) is 25.8 Å². The Balaban J connectivity index is 1.62. The monoisotopic (exact) mass is 756 g/mol. The molecule has 3 saturated heterocycles. The minimum Gasteiger partial charge on any atom is -0.450 e. The summed E-state index contributed by atoms with van der Waals surface area (Å²) < 4.78 is 5.85. The molecule has 4 aliphatic heterocycles. The topological polar surface area (TPSA) is 227 Å². The number of carbonyl (C=O) groups is 6. The van der Waals surface area contributed by atoms with Gasteiger partial charge in [0.2, 0.25) is 23.6 Å². The number of nitrogens with one attached hydrogen (secondary N) is 4. The lowest BCUT2D eigenvalue weighted by molar-refractivity contribution is -0.170. The second kappa shape index (κ2) is 15.8. The second-order valence-electron chi connectivity index (χ2n) is 16.5. The summed E-state index contributed by atoms with van der Waals surface area (Å²) in [7, 11) is 0. The zero-order chi connectivity index (χ0) is 40.0. The van der Waals surface area contributed by atoms with Gasteiger partial charge in [-0.05, 0) is 50.5 Å². The Morgan fingerprint density at radius 2 is 1.50 bits per heavy atom. The molecule has 298 valence electrons. The molecule has 0 spiro atoms. The Morgan fingerprint density at radius 1 is 0.852 bits per heavy atom. The molecule has 0 bridgehead atoms. The van der Waals surface area contributed by atoms with Crippen molar-refractivity contribution in [2.75, 3.05) is 11.9 Å². The summed E-state index contributed by atoms with van der Waals surface area (Å²) in [4.78, 5) is 87.5. The highest BCUT2D eigenvalue weighted by molar-refractivity contribution is 5.98. The van der Waals surface area contributed by atoms with Gasteiger partial charge in [-0.2, -0.15) is 0 Å². The molecule has 5 rings (SSSR count). The number of aliphatic hydroxyl groups is 3. The number of carbonyl (C=O) groups excluding carboxylic acids is 6. The summed E-state index contributed by atoms with van der Waals surface area (Å²) in [5, 5.41) is 45.1. The Bertz CT molecular complexity index is 1650. The SMILES string of the molecule is Cc1ccc2c(c1)[C@]1(O)C[C@H]3C(=O)N[C@H](C(C)C)C(=O)O[C@@H](C(C)C)C(=O)N4CC[C@H](O)C[C@@H]4C(=O)N[C@@H](CC(C)C)C(=O)N[C@H]([C@H](C)O)C(=O)N3[C@@H]1N2. The number of aliphatic hydroxyl groups excluding tert-OH is 2. The number of benzene rings is 1. The van der Waals surface area contributed by atoms with E-state index in [2.05, 4.69) is 21.3 Å². The highest BCUT2D eigenvalue weighted by Crippen LogP contribution is 2.50. The summed E-state index contributed by atoms with van der Waals surface area (Å²) in [5.74, 6) is -6.04. The fourth-order valence-electron chi connectivity index (χ4n) is 7.96. The summed E-state index contributed by atoms with van der Waals surface area (Å²) in [6.45, 7) is 13.5. The maximum Gasteiger partial charge on any atom is 0.329 e. The number of cyclic esters (lactones) is 1. The van der Waals surface area contributed by atoms with Crippen molar-refractivity contribution in [2.45, 2.75) is 141 Å². The van der Waals surface area contributed by atoms with Crippen LogP contribution in [0.15, 0.2) is 18.2 Å². The third-order valence-corrected chi connectivity index (χ3v) is 10.9. The van der Waals surface area contributed by atoms with Gasteiger partial charge in [0.05, 0.1) is 12.2 Å². The van der Waals surface area contributed by atoms with E-state index in [-0.39, 0.29) is 38.1 Å². The van der Waals surface area contributed by atoms with Gasteiger partial charge in [0.1, 0.15) is 42.0 Å². The van der Waals surface area contributed by atoms with Crippen LogP contribution in [0.5, 0.6) is 0 Å². The summed E-state index contributed by atoms with van der Waals surface area (Å²) in [6.07, 6.45) is -5.15. The smallest absolute Gasteiger partial charge is 0.329 e. The van der Waals surface area contributed by atoms with E-state index < -0.39 is 108 Å². The van der Waals surface area contributed by atoms with Gasteiger partial charge >= 0.3 is 5.97 Å². The fraction of sp³-hybridized carbons (Fsp3) is 0.684. The van der Waals surface area contributed by atoms with Crippen LogP contribution < -0.4 is 21.3 Å². The van der Waals surface area contributed by atoms with Gasteiger partial charge in [0.15, 0.2) is 6.10 Å². The standard InChI is InChI=1S/C38H56N6O10/c1-17(2)13-25-31(47)42-29(21(8)45)34(50)44-27(16-38(53)23-14-20(7)9-10-24(23)40-37(38)44)33(49)41-28(18(3)4)36(52)54-30(19(5)6)35(51)43-12-11-22(46)15-26(43)32(48)39-25/h9-10,14,17-19,21-22,25-30,37,40,45-46,53H,11-13,15-16H2,1-8H3,(H,39,48)(H,41,49)(H,42,47)/t21-,22-,25-,26+,27-,28+,29+,30-,37-,38+/m0/s1. The lowest BCUT2D eigenvalue weighted by Crippen LogP contribution is -2.64. The van der Waals surface area contributed by atoms with E-state index in [1.54, 1.807) is 39.8 Å². The largest absolute Gasteiger partial charge is 0.450 e. The first kappa shape index (κ1) is 40.9. The van der Waals surface area contributed by atoms with Crippen LogP contribution in [0.2, 0.25) is 0 Å². The molecule has 0 aliphatic carbocycles. The van der Waals surface area contributed by atoms with Crippen molar-refractivity contribution in [3.05, 3.63) is 29.3 Å². The number of hydrogen-bond acceptors (Lipinski definition) is 11. The fourth-order valence-corrected chi connectivity index (χ4v) is 7.96. The van der Waals surface area contributed by atoms with Gasteiger partial charge in [0, 0.05) is 30.6 Å². The number of rotatable bonds is 5. The molecule has 0 radical (unpaired) electrons. The van der Waals surface area contributed by atoms with Crippen LogP contribution in [0.25, 0.3) is 0 Å². The van der Waals surface area contributed by atoms with Gasteiger partial charge in [-0.3, -0.25) is 24.0 Å². The van der Waals surface area contributed by atoms with Crippen LogP contribution in [0.4, 0.5) is 5.69 Å². The number of amides is 5. The van der Waals surface area contributed by atoms with Gasteiger partial charge < -0.3 is 51.1 Å². The number of nitrogens with zero attached hydrogens (tertiary/aromatic N) is 2. The molecule has 0 saturated carbocycles. The molecule has 0 aromatic heterocycles. The molecule has 1 aromatic rings. The van der Waals surface area contributed by atoms with E-state index in [1.165, 1.54) is 11.8 Å². The van der Waals surface area contributed by atoms with E-state index >= 15 is 0 Å². The molecular weight excluding hydrogens is 700 g/mol. The molecule has 1 aromatic carbocycles. The maximum atomic E-state index is 14.7. The third-order valence-electron chi connectivity index (χ3n) is 10.9. The van der Waals surface area contributed by atoms with Crippen LogP contribution in [-0.4, -0.2) is 122 Å². The van der Waals surface area contributed by atoms with Crippen molar-refractivity contribution < 1.29 is 48.8 Å². The highest BCUT2D eigenvalue weighted by atomic mass is 16.6. The molecule has 54 heavy (non-hydrogen) atoms. The van der Waals surface area contributed by atoms with Gasteiger partial charge in [0.25, 0.3) is 5.91 Å². The average Bonchev–Trinajstić information content (AvgIpc) is 3.54. The predicted molar refractivity (Wildman–Crippen MR) is 195 cm³/mol. The van der Waals surface area contributed by atoms with E-state index in [0.29, 0.717) is 11.3 Å². The zero-order valence-corrected chi connectivity index (χ0v) is 32.3. The van der Waals surface area contributed by atoms with E-state index in [4.69, 9.17) is 4.74 Å². The minimum absolute atomic E-state index is 0.0267. The third kappa shape index (κ3) is 7.91. The van der Waals surface area contributed by atoms with Crippen LogP contribution in [0.3, 0.4) is 0 Å². The Hall–Kier alpha value is -4.28. The molecular formula is C38H56N6O10. The van der Waals surface area contributed by atoms with Crippen LogP contribution in [0.1, 0.15) is 85.3 Å². The molecule has 16 nitrogen and oxygen atoms in total. The Morgan fingerprint density at radius 3 is 2.11 bits per heavy atom. The zero-order valence-electron chi connectivity index (χ0n) is 32.3. The van der Waals surface area contributed by atoms with E-state index in [0.717, 1.165) is 10.5 Å². The molecule has 7 N–H and O–H groups in total. The number of aryl methyl sites for hydroxylation is 1. The van der Waals surface area contributed by atoms with Crippen LogP contribution >= 0.6 is 0 Å². The number of anilines is 1. The summed E-state index contributed by atoms with van der Waals surface area (Å²) in [6, 6.07) is -1.47. The van der Waals surface area contributed by atoms with Crippen LogP contribution in [0, 0.1) is 24.7 Å². The lowest BCUT2D eigenvalue weighted by atomic mass is 9.90. The first-order chi connectivity index (χ1) is 25.2. The normalized spacial score (nSPS) is 33.1. The van der Waals surface area contributed by atoms with Crippen molar-refractivity contribution in [2.24, 2.45) is 17.8 Å². The van der Waals surface area contributed by atoms with Gasteiger partial charge in [-0.25, -0.2) is 4.79 Å². The predicted octanol–water partition coefficient (Wildman–Crippen LogP) is 0.00572. The Kier molecular flexibility index (Phi) is 12.0. The number of piperidine rings is 1. The van der Waals surface area contributed by atoms with Gasteiger partial charge in [-0.15, -0.1) is 0 Å². The van der Waals surface area contributed by atoms with Crippen molar-refractivity contribution in [1.29, 1.82) is 0 Å². The molecule has 16 heteroatoms. The number of esters is 1. The lowest BCUT2D eigenvalue weighted by Gasteiger charge is -2.40. The van der Waals surface area contributed by atoms with Crippen molar-refractivity contribution in [3.63, 3.8) is 0 Å². The molecule has 5 amide bonds. The second-order valence-corrected chi connectivity index (χ2v) is 16.5. The van der Waals surface area contributed by atoms with E-state index in [1.807, 2.05) is 26.8 Å². The number of ether oxygens (including phenoxy) is 1. The highest BCUT2D eigenvalue weighted by Gasteiger charge is 2.61. The quantitative estimate of drug-likeness (QED) is 0.198. The minimum atomic E-state index is -1.78. The first-order valence-corrected chi connectivity index (χ1v) is 19.0. The first-order valence-electron chi connectivity index (χ1n) is 19.0. The summed E-state index contributed by atoms with van der Waals surface area (Å²) >= 11 is 0. The Labute approximate surface area is 315 Å². The van der Waals surface area contributed by atoms with Crippen LogP contribution in [-0.2, 0) is 39.1 Å².